The average Bonchev–Trinajstić information content (AvgIpc) is 2.99. The monoisotopic (exact) mass is 558 g/mol. The van der Waals surface area contributed by atoms with Crippen LogP contribution in [0, 0.1) is 6.92 Å². The van der Waals surface area contributed by atoms with Gasteiger partial charge in [-0.1, -0.05) is 24.3 Å². The summed E-state index contributed by atoms with van der Waals surface area (Å²) in [4.78, 5) is 39.1. The molecule has 0 bridgehead atoms. The van der Waals surface area contributed by atoms with Gasteiger partial charge in [-0.25, -0.2) is 9.59 Å². The highest BCUT2D eigenvalue weighted by Gasteiger charge is 2.76. The van der Waals surface area contributed by atoms with Crippen molar-refractivity contribution in [3.8, 4) is 5.75 Å². The van der Waals surface area contributed by atoms with Crippen molar-refractivity contribution in [3.63, 3.8) is 0 Å². The molecule has 1 aliphatic rings. The van der Waals surface area contributed by atoms with Crippen molar-refractivity contribution >= 4 is 23.5 Å². The molecule has 0 heterocycles. The van der Waals surface area contributed by atoms with Gasteiger partial charge >= 0.3 is 12.0 Å². The zero-order valence-corrected chi connectivity index (χ0v) is 23.4. The normalized spacial score (nSPS) is 28.4. The smallest absolute Gasteiger partial charge is 0.342 e. The highest BCUT2D eigenvalue weighted by atomic mass is 16.5. The number of amides is 2. The van der Waals surface area contributed by atoms with Crippen molar-refractivity contribution in [1.82, 2.24) is 10.2 Å². The van der Waals surface area contributed by atoms with E-state index in [-0.39, 0.29) is 17.1 Å². The van der Waals surface area contributed by atoms with Gasteiger partial charge in [0, 0.05) is 25.3 Å². The van der Waals surface area contributed by atoms with Crippen LogP contribution in [0.5, 0.6) is 5.75 Å². The Morgan fingerprint density at radius 2 is 1.77 bits per heavy atom. The van der Waals surface area contributed by atoms with Crippen LogP contribution in [0.2, 0.25) is 0 Å². The van der Waals surface area contributed by atoms with Crippen LogP contribution in [0.25, 0.3) is 0 Å². The maximum absolute atomic E-state index is 13.1. The lowest BCUT2D eigenvalue weighted by molar-refractivity contribution is -0.193. The summed E-state index contributed by atoms with van der Waals surface area (Å²) in [5.41, 5.74) is 0.643. The Balaban J connectivity index is 2.13. The van der Waals surface area contributed by atoms with Gasteiger partial charge in [-0.05, 0) is 51.5 Å². The molecule has 40 heavy (non-hydrogen) atoms. The topological polar surface area (TPSA) is 195 Å². The number of Topliss-reactive ketones (excluding diaryl/α,β-unsaturated/α-hetero) is 1. The molecule has 12 heteroatoms. The number of nitrogens with zero attached hydrogens (tertiary/aromatic N) is 1. The Bertz CT molecular complexity index is 1280. The van der Waals surface area contributed by atoms with Crippen molar-refractivity contribution < 1.29 is 39.5 Å². The lowest BCUT2D eigenvalue weighted by Gasteiger charge is -2.49. The fourth-order valence-corrected chi connectivity index (χ4v) is 5.43. The third kappa shape index (κ3) is 4.99. The van der Waals surface area contributed by atoms with Gasteiger partial charge in [-0.2, -0.15) is 0 Å². The van der Waals surface area contributed by atoms with Gasteiger partial charge in [0.1, 0.15) is 29.1 Å². The molecule has 0 aromatic heterocycles. The van der Waals surface area contributed by atoms with Crippen molar-refractivity contribution in [1.29, 1.82) is 0 Å². The predicted octanol–water partition coefficient (Wildman–Crippen LogP) is 0.755. The highest BCUT2D eigenvalue weighted by Crippen LogP contribution is 2.49. The summed E-state index contributed by atoms with van der Waals surface area (Å²) < 4.78 is 5.44. The molecule has 2 amide bonds. The second-order valence-corrected chi connectivity index (χ2v) is 10.7. The van der Waals surface area contributed by atoms with E-state index in [4.69, 9.17) is 10.5 Å². The number of carbonyl (C=O) groups excluding carboxylic acids is 3. The van der Waals surface area contributed by atoms with E-state index >= 15 is 0 Å². The molecule has 0 aliphatic heterocycles. The third-order valence-electron chi connectivity index (χ3n) is 7.85. The summed E-state index contributed by atoms with van der Waals surface area (Å²) >= 11 is 0. The molecule has 0 radical (unpaired) electrons. The van der Waals surface area contributed by atoms with Crippen LogP contribution in [0.15, 0.2) is 42.5 Å². The zero-order valence-electron chi connectivity index (χ0n) is 23.4. The number of ketones is 1. The first-order chi connectivity index (χ1) is 18.5. The van der Waals surface area contributed by atoms with E-state index in [2.05, 4.69) is 10.6 Å². The molecule has 1 aliphatic carbocycles. The van der Waals surface area contributed by atoms with Crippen LogP contribution in [0.4, 0.5) is 10.5 Å². The zero-order chi connectivity index (χ0) is 30.2. The number of aliphatic hydroxyl groups excluding tert-OH is 1. The number of phenols is 1. The maximum Gasteiger partial charge on any atom is 0.342 e. The number of rotatable bonds is 8. The second kappa shape index (κ2) is 11.0. The lowest BCUT2D eigenvalue weighted by Crippen LogP contribution is -2.78. The van der Waals surface area contributed by atoms with Crippen molar-refractivity contribution in [2.45, 2.75) is 62.6 Å². The van der Waals surface area contributed by atoms with Gasteiger partial charge in [-0.3, -0.25) is 4.79 Å². The first-order valence-corrected chi connectivity index (χ1v) is 12.7. The van der Waals surface area contributed by atoms with E-state index in [1.54, 1.807) is 37.3 Å². The molecule has 2 aromatic rings. The molecular weight excluding hydrogens is 520 g/mol. The fourth-order valence-electron chi connectivity index (χ4n) is 5.43. The molecule has 3 rings (SSSR count). The Morgan fingerprint density at radius 3 is 2.33 bits per heavy atom. The molecule has 12 nitrogen and oxygen atoms in total. The van der Waals surface area contributed by atoms with E-state index in [0.29, 0.717) is 16.8 Å². The minimum absolute atomic E-state index is 0.149. The molecule has 218 valence electrons. The molecule has 1 saturated carbocycles. The Morgan fingerprint density at radius 1 is 1.15 bits per heavy atom. The average molecular weight is 559 g/mol. The summed E-state index contributed by atoms with van der Waals surface area (Å²) in [7, 11) is 2.87. The second-order valence-electron chi connectivity index (χ2n) is 10.7. The number of aromatic hydroxyl groups is 1. The molecular formula is C28H38N4O8. The minimum Gasteiger partial charge on any atom is -0.507 e. The molecule has 6 atom stereocenters. The number of hydrogen-bond donors (Lipinski definition) is 7. The lowest BCUT2D eigenvalue weighted by atomic mass is 9.72. The van der Waals surface area contributed by atoms with Gasteiger partial charge in [0.2, 0.25) is 0 Å². The quantitative estimate of drug-likeness (QED) is 0.179. The van der Waals surface area contributed by atoms with Crippen LogP contribution >= 0.6 is 0 Å². The van der Waals surface area contributed by atoms with Crippen LogP contribution in [0.3, 0.4) is 0 Å². The molecule has 6 unspecified atom stereocenters. The standard InChI is InChI=1S/C28H38N4O8/c1-15-9-7-12-20(35)21(15)24(36)40-14-27(39)26(4,38)23(30-19-11-8-10-18(13-19)16(2)33)22(29)28(27,17(3)34)31-25(37)32(5)6/h7-13,17,22-23,30,34-35,38-39H,14,29H2,1-6H3,(H,31,37). The highest BCUT2D eigenvalue weighted by molar-refractivity contribution is 5.95. The number of nitrogens with one attached hydrogen (secondary N) is 2. The van der Waals surface area contributed by atoms with E-state index in [9.17, 15) is 34.8 Å². The summed E-state index contributed by atoms with van der Waals surface area (Å²) in [6, 6.07) is 7.44. The first-order valence-electron chi connectivity index (χ1n) is 12.7. The molecule has 0 spiro atoms. The van der Waals surface area contributed by atoms with Crippen molar-refractivity contribution in [2.24, 2.45) is 5.73 Å². The minimum atomic E-state index is -2.58. The van der Waals surface area contributed by atoms with Crippen LogP contribution in [-0.2, 0) is 4.74 Å². The first kappa shape index (κ1) is 30.8. The number of nitrogens with two attached hydrogens (primary N) is 1. The number of aryl methyl sites for hydroxylation is 1. The Kier molecular flexibility index (Phi) is 8.51. The number of benzene rings is 2. The maximum atomic E-state index is 13.1. The van der Waals surface area contributed by atoms with Gasteiger partial charge < -0.3 is 46.4 Å². The van der Waals surface area contributed by atoms with Crippen LogP contribution < -0.4 is 16.4 Å². The van der Waals surface area contributed by atoms with Crippen LogP contribution in [-0.4, -0.2) is 98.7 Å². The summed E-state index contributed by atoms with van der Waals surface area (Å²) in [5.74, 6) is -1.55. The van der Waals surface area contributed by atoms with E-state index in [0.717, 1.165) is 4.90 Å². The molecule has 0 saturated heterocycles. The van der Waals surface area contributed by atoms with Crippen LogP contribution in [0.1, 0.15) is 47.1 Å². The van der Waals surface area contributed by atoms with Gasteiger partial charge in [0.05, 0.1) is 18.2 Å². The fraction of sp³-hybridized carbons (Fsp3) is 0.464. The number of carbonyl (C=O) groups is 3. The third-order valence-corrected chi connectivity index (χ3v) is 7.85. The van der Waals surface area contributed by atoms with E-state index in [1.807, 2.05) is 0 Å². The van der Waals surface area contributed by atoms with Gasteiger partial charge in [0.15, 0.2) is 11.4 Å². The summed E-state index contributed by atoms with van der Waals surface area (Å²) in [6.45, 7) is 4.57. The Hall–Kier alpha value is -3.71. The van der Waals surface area contributed by atoms with Crippen molar-refractivity contribution in [2.75, 3.05) is 26.0 Å². The number of aliphatic hydroxyl groups is 3. The van der Waals surface area contributed by atoms with Gasteiger partial charge in [0.25, 0.3) is 0 Å². The number of phenolic OH excluding ortho intramolecular Hbond substituents is 1. The molecule has 8 N–H and O–H groups in total. The largest absolute Gasteiger partial charge is 0.507 e. The SMILES string of the molecule is CC(=O)c1cccc(NC2C(N)C(NC(=O)N(C)C)(C(C)O)C(O)(COC(=O)c3c(C)cccc3O)C2(C)O)c1. The van der Waals surface area contributed by atoms with Gasteiger partial charge in [-0.15, -0.1) is 0 Å². The predicted molar refractivity (Wildman–Crippen MR) is 147 cm³/mol. The summed E-state index contributed by atoms with van der Waals surface area (Å²) in [6.07, 6.45) is -1.58. The summed E-state index contributed by atoms with van der Waals surface area (Å²) in [5, 5.41) is 51.2. The number of esters is 1. The van der Waals surface area contributed by atoms with E-state index in [1.165, 1.54) is 47.0 Å². The number of hydrogen-bond acceptors (Lipinski definition) is 10. The molecule has 1 fully saturated rings. The number of urea groups is 1. The molecule has 2 aromatic carbocycles. The van der Waals surface area contributed by atoms with E-state index < -0.39 is 53.5 Å². The van der Waals surface area contributed by atoms with Crippen molar-refractivity contribution in [3.05, 3.63) is 59.2 Å². The number of anilines is 1. The number of ether oxygens (including phenoxy) is 1. The Labute approximate surface area is 232 Å².